The van der Waals surface area contributed by atoms with Crippen molar-refractivity contribution in [1.29, 1.82) is 0 Å². The van der Waals surface area contributed by atoms with E-state index in [1.165, 1.54) is 0 Å². The van der Waals surface area contributed by atoms with E-state index in [9.17, 15) is 0 Å². The summed E-state index contributed by atoms with van der Waals surface area (Å²) in [4.78, 5) is 4.31. The molecule has 18 heavy (non-hydrogen) atoms. The highest BCUT2D eigenvalue weighted by Crippen LogP contribution is 2.21. The SMILES string of the molecule is COc1cccc(C(Cc2nccn2C)NN)c1. The molecule has 1 aromatic heterocycles. The Hall–Kier alpha value is -1.85. The molecule has 0 aliphatic heterocycles. The molecule has 0 saturated heterocycles. The van der Waals surface area contributed by atoms with Crippen molar-refractivity contribution in [2.75, 3.05) is 7.11 Å². The van der Waals surface area contributed by atoms with Crippen LogP contribution in [0.25, 0.3) is 0 Å². The number of methoxy groups -OCH3 is 1. The van der Waals surface area contributed by atoms with Crippen LogP contribution in [-0.4, -0.2) is 16.7 Å². The Kier molecular flexibility index (Phi) is 3.96. The molecule has 1 unspecified atom stereocenters. The summed E-state index contributed by atoms with van der Waals surface area (Å²) in [6, 6.07) is 7.89. The van der Waals surface area contributed by atoms with Crippen LogP contribution in [-0.2, 0) is 13.5 Å². The number of hydrogen-bond donors (Lipinski definition) is 2. The third-order valence-corrected chi connectivity index (χ3v) is 3.01. The molecular formula is C13H18N4O. The lowest BCUT2D eigenvalue weighted by atomic mass is 10.0. The van der Waals surface area contributed by atoms with Crippen molar-refractivity contribution in [3.05, 3.63) is 48.0 Å². The van der Waals surface area contributed by atoms with Crippen molar-refractivity contribution >= 4 is 0 Å². The molecular weight excluding hydrogens is 228 g/mol. The average molecular weight is 246 g/mol. The average Bonchev–Trinajstić information content (AvgIpc) is 2.81. The third kappa shape index (κ3) is 2.69. The van der Waals surface area contributed by atoms with Gasteiger partial charge in [-0.3, -0.25) is 11.3 Å². The quantitative estimate of drug-likeness (QED) is 0.614. The number of ether oxygens (including phenoxy) is 1. The number of benzene rings is 1. The summed E-state index contributed by atoms with van der Waals surface area (Å²) >= 11 is 0. The van der Waals surface area contributed by atoms with Gasteiger partial charge in [0.1, 0.15) is 11.6 Å². The van der Waals surface area contributed by atoms with Gasteiger partial charge in [0.05, 0.1) is 13.2 Å². The van der Waals surface area contributed by atoms with Crippen LogP contribution in [0.1, 0.15) is 17.4 Å². The van der Waals surface area contributed by atoms with Crippen LogP contribution < -0.4 is 16.0 Å². The summed E-state index contributed by atoms with van der Waals surface area (Å²) in [7, 11) is 3.63. The van der Waals surface area contributed by atoms with Crippen molar-refractivity contribution in [3.8, 4) is 5.75 Å². The van der Waals surface area contributed by atoms with Crippen LogP contribution in [0.5, 0.6) is 5.75 Å². The number of rotatable bonds is 5. The van der Waals surface area contributed by atoms with Crippen LogP contribution in [0.3, 0.4) is 0 Å². The number of hydrazine groups is 1. The number of hydrogen-bond acceptors (Lipinski definition) is 4. The van der Waals surface area contributed by atoms with Crippen molar-refractivity contribution < 1.29 is 4.74 Å². The van der Waals surface area contributed by atoms with E-state index in [0.717, 1.165) is 23.6 Å². The molecule has 0 amide bonds. The summed E-state index contributed by atoms with van der Waals surface area (Å²) in [6.45, 7) is 0. The van der Waals surface area contributed by atoms with E-state index in [-0.39, 0.29) is 6.04 Å². The van der Waals surface area contributed by atoms with Gasteiger partial charge in [0, 0.05) is 25.9 Å². The molecule has 1 aromatic carbocycles. The summed E-state index contributed by atoms with van der Waals surface area (Å²) in [5, 5.41) is 0. The van der Waals surface area contributed by atoms with Gasteiger partial charge in [-0.1, -0.05) is 12.1 Å². The van der Waals surface area contributed by atoms with Gasteiger partial charge < -0.3 is 9.30 Å². The van der Waals surface area contributed by atoms with Crippen LogP contribution in [0, 0.1) is 0 Å². The van der Waals surface area contributed by atoms with Crippen molar-refractivity contribution in [1.82, 2.24) is 15.0 Å². The highest BCUT2D eigenvalue weighted by molar-refractivity contribution is 5.31. The second-order valence-corrected chi connectivity index (χ2v) is 4.15. The molecule has 0 bridgehead atoms. The smallest absolute Gasteiger partial charge is 0.119 e. The summed E-state index contributed by atoms with van der Waals surface area (Å²) in [5.74, 6) is 7.45. The second-order valence-electron chi connectivity index (χ2n) is 4.15. The Morgan fingerprint density at radius 2 is 2.33 bits per heavy atom. The van der Waals surface area contributed by atoms with Crippen molar-refractivity contribution in [3.63, 3.8) is 0 Å². The van der Waals surface area contributed by atoms with E-state index in [2.05, 4.69) is 10.4 Å². The second kappa shape index (κ2) is 5.66. The highest BCUT2D eigenvalue weighted by Gasteiger charge is 2.13. The maximum Gasteiger partial charge on any atom is 0.119 e. The Morgan fingerprint density at radius 3 is 2.94 bits per heavy atom. The predicted molar refractivity (Wildman–Crippen MR) is 70.0 cm³/mol. The fourth-order valence-corrected chi connectivity index (χ4v) is 1.91. The van der Waals surface area contributed by atoms with E-state index in [4.69, 9.17) is 10.6 Å². The molecule has 0 fully saturated rings. The fraction of sp³-hybridized carbons (Fsp3) is 0.308. The summed E-state index contributed by atoms with van der Waals surface area (Å²) in [6.07, 6.45) is 4.44. The minimum absolute atomic E-state index is 0.0150. The number of nitrogens with one attached hydrogen (secondary N) is 1. The molecule has 2 aromatic rings. The van der Waals surface area contributed by atoms with E-state index >= 15 is 0 Å². The molecule has 0 radical (unpaired) electrons. The molecule has 0 spiro atoms. The van der Waals surface area contributed by atoms with Gasteiger partial charge >= 0.3 is 0 Å². The molecule has 0 aliphatic rings. The predicted octanol–water partition coefficient (Wildman–Crippen LogP) is 1.18. The van der Waals surface area contributed by atoms with Crippen molar-refractivity contribution in [2.45, 2.75) is 12.5 Å². The van der Waals surface area contributed by atoms with E-state index in [1.54, 1.807) is 13.3 Å². The first kappa shape index (κ1) is 12.6. The topological polar surface area (TPSA) is 65.1 Å². The van der Waals surface area contributed by atoms with Gasteiger partial charge in [0.2, 0.25) is 0 Å². The standard InChI is InChI=1S/C13H18N4O/c1-17-7-6-15-13(17)9-12(16-14)10-4-3-5-11(8-10)18-2/h3-8,12,16H,9,14H2,1-2H3. The van der Waals surface area contributed by atoms with Gasteiger partial charge in [-0.2, -0.15) is 0 Å². The maximum absolute atomic E-state index is 5.64. The van der Waals surface area contributed by atoms with E-state index in [0.29, 0.717) is 0 Å². The van der Waals surface area contributed by atoms with Crippen LogP contribution in [0.15, 0.2) is 36.7 Å². The fourth-order valence-electron chi connectivity index (χ4n) is 1.91. The number of aromatic nitrogens is 2. The number of aryl methyl sites for hydroxylation is 1. The number of nitrogens with two attached hydrogens (primary N) is 1. The van der Waals surface area contributed by atoms with Crippen molar-refractivity contribution in [2.24, 2.45) is 12.9 Å². The van der Waals surface area contributed by atoms with Crippen LogP contribution >= 0.6 is 0 Å². The molecule has 0 aliphatic carbocycles. The largest absolute Gasteiger partial charge is 0.497 e. The Morgan fingerprint density at radius 1 is 1.50 bits per heavy atom. The van der Waals surface area contributed by atoms with E-state index < -0.39 is 0 Å². The zero-order valence-electron chi connectivity index (χ0n) is 10.6. The van der Waals surface area contributed by atoms with E-state index in [1.807, 2.05) is 42.1 Å². The molecule has 5 nitrogen and oxygen atoms in total. The molecule has 96 valence electrons. The highest BCUT2D eigenvalue weighted by atomic mass is 16.5. The van der Waals surface area contributed by atoms with Gasteiger partial charge in [-0.25, -0.2) is 4.98 Å². The Labute approximate surface area is 107 Å². The minimum atomic E-state index is 0.0150. The lowest BCUT2D eigenvalue weighted by Crippen LogP contribution is -2.30. The molecule has 2 rings (SSSR count). The first-order valence-corrected chi connectivity index (χ1v) is 5.81. The maximum atomic E-state index is 5.64. The number of nitrogens with zero attached hydrogens (tertiary/aromatic N) is 2. The Balaban J connectivity index is 2.20. The minimum Gasteiger partial charge on any atom is -0.497 e. The lowest BCUT2D eigenvalue weighted by Gasteiger charge is -2.16. The molecule has 1 atom stereocenters. The zero-order chi connectivity index (χ0) is 13.0. The number of imidazole rings is 1. The summed E-state index contributed by atoms with van der Waals surface area (Å²) < 4.78 is 7.21. The first-order valence-electron chi connectivity index (χ1n) is 5.81. The monoisotopic (exact) mass is 246 g/mol. The van der Waals surface area contributed by atoms with Crippen LogP contribution in [0.2, 0.25) is 0 Å². The normalized spacial score (nSPS) is 12.4. The molecule has 3 N–H and O–H groups in total. The molecule has 1 heterocycles. The lowest BCUT2D eigenvalue weighted by molar-refractivity contribution is 0.412. The molecule has 5 heteroatoms. The zero-order valence-corrected chi connectivity index (χ0v) is 10.6. The van der Waals surface area contributed by atoms with Gasteiger partial charge in [-0.15, -0.1) is 0 Å². The van der Waals surface area contributed by atoms with Gasteiger partial charge in [0.25, 0.3) is 0 Å². The summed E-state index contributed by atoms with van der Waals surface area (Å²) in [5.41, 5.74) is 3.91. The first-order chi connectivity index (χ1) is 8.74. The van der Waals surface area contributed by atoms with Gasteiger partial charge in [-0.05, 0) is 17.7 Å². The Bertz CT molecular complexity index is 509. The molecule has 0 saturated carbocycles. The third-order valence-electron chi connectivity index (χ3n) is 3.01. The van der Waals surface area contributed by atoms with Gasteiger partial charge in [0.15, 0.2) is 0 Å². The van der Waals surface area contributed by atoms with Crippen LogP contribution in [0.4, 0.5) is 0 Å².